The summed E-state index contributed by atoms with van der Waals surface area (Å²) in [6.07, 6.45) is 2.28. The number of esters is 1. The molecule has 0 saturated heterocycles. The lowest BCUT2D eigenvalue weighted by atomic mass is 9.83. The maximum Gasteiger partial charge on any atom is 0.314 e. The third-order valence-corrected chi connectivity index (χ3v) is 4.72. The van der Waals surface area contributed by atoms with E-state index in [-0.39, 0.29) is 18.4 Å². The molecule has 1 atom stereocenters. The topological polar surface area (TPSA) is 87.5 Å². The molecule has 0 fully saturated rings. The molecule has 3 N–H and O–H groups in total. The molecule has 0 bridgehead atoms. The molecule has 0 aliphatic heterocycles. The van der Waals surface area contributed by atoms with E-state index in [1.807, 2.05) is 54.2 Å². The van der Waals surface area contributed by atoms with Crippen LogP contribution in [0.4, 0.5) is 0 Å². The van der Waals surface area contributed by atoms with Crippen LogP contribution in [0, 0.1) is 0 Å². The van der Waals surface area contributed by atoms with Crippen LogP contribution in [0.2, 0.25) is 0 Å². The third kappa shape index (κ3) is 2.46. The lowest BCUT2D eigenvalue weighted by Crippen LogP contribution is -2.22. The molecule has 1 aliphatic carbocycles. The van der Waals surface area contributed by atoms with Gasteiger partial charge in [0, 0.05) is 36.5 Å². The van der Waals surface area contributed by atoms with Gasteiger partial charge in [-0.05, 0) is 11.6 Å². The summed E-state index contributed by atoms with van der Waals surface area (Å²) in [5.74, 6) is -1.42. The van der Waals surface area contributed by atoms with Crippen LogP contribution in [0.5, 0.6) is 11.8 Å². The number of aromatic nitrogens is 2. The number of aryl methyl sites for hydroxylation is 1. The Labute approximate surface area is 144 Å². The molecule has 3 aromatic rings. The van der Waals surface area contributed by atoms with E-state index in [1.165, 1.54) is 0 Å². The Morgan fingerprint density at radius 1 is 1.24 bits per heavy atom. The van der Waals surface area contributed by atoms with Gasteiger partial charge in [0.1, 0.15) is 6.61 Å². The van der Waals surface area contributed by atoms with Crippen LogP contribution < -0.4 is 0 Å². The van der Waals surface area contributed by atoms with Gasteiger partial charge in [-0.1, -0.05) is 30.3 Å². The maximum absolute atomic E-state index is 12.7. The fraction of sp³-hybridized carbons (Fsp3) is 0.211. The number of hydrogen-bond acceptors (Lipinski definition) is 4. The molecule has 0 radical (unpaired) electrons. The summed E-state index contributed by atoms with van der Waals surface area (Å²) in [4.78, 5) is 15.2. The molecule has 4 rings (SSSR count). The molecule has 2 heterocycles. The van der Waals surface area contributed by atoms with Crippen molar-refractivity contribution < 1.29 is 19.7 Å². The van der Waals surface area contributed by atoms with E-state index in [2.05, 4.69) is 4.98 Å². The second kappa shape index (κ2) is 5.73. The van der Waals surface area contributed by atoms with Gasteiger partial charge in [0.05, 0.1) is 11.5 Å². The fourth-order valence-corrected chi connectivity index (χ4v) is 3.47. The first-order valence-electron chi connectivity index (χ1n) is 8.05. The Morgan fingerprint density at radius 2 is 2.00 bits per heavy atom. The first kappa shape index (κ1) is 15.4. The van der Waals surface area contributed by atoms with Crippen molar-refractivity contribution in [3.63, 3.8) is 0 Å². The number of aromatic amines is 1. The summed E-state index contributed by atoms with van der Waals surface area (Å²) in [6, 6.07) is 11.3. The molecule has 25 heavy (non-hydrogen) atoms. The highest BCUT2D eigenvalue weighted by Gasteiger charge is 2.38. The molecule has 1 unspecified atom stereocenters. The predicted octanol–water partition coefficient (Wildman–Crippen LogP) is 2.81. The monoisotopic (exact) mass is 338 g/mol. The summed E-state index contributed by atoms with van der Waals surface area (Å²) in [5, 5.41) is 20.3. The van der Waals surface area contributed by atoms with E-state index in [9.17, 15) is 15.0 Å². The molecular weight excluding hydrogens is 320 g/mol. The highest BCUT2D eigenvalue weighted by Crippen LogP contribution is 2.49. The third-order valence-electron chi connectivity index (χ3n) is 4.72. The molecule has 0 saturated carbocycles. The van der Waals surface area contributed by atoms with Gasteiger partial charge in [-0.3, -0.25) is 9.78 Å². The number of benzene rings is 1. The number of carbonyl (C=O) groups is 1. The molecule has 1 aromatic carbocycles. The second-order valence-corrected chi connectivity index (χ2v) is 6.25. The molecular formula is C19H18N2O4. The SMILES string of the molecule is Cn1ccc2c1CC(C(=O)OCc1ccccc1)c1c(O)[nH]c(O)c1-2. The maximum atomic E-state index is 12.7. The molecule has 1 aliphatic rings. The van der Waals surface area contributed by atoms with Crippen LogP contribution in [-0.2, 0) is 29.6 Å². The van der Waals surface area contributed by atoms with E-state index >= 15 is 0 Å². The van der Waals surface area contributed by atoms with Crippen molar-refractivity contribution in [1.29, 1.82) is 0 Å². The number of H-pyrrole nitrogens is 1. The first-order chi connectivity index (χ1) is 12.1. The fourth-order valence-electron chi connectivity index (χ4n) is 3.47. The van der Waals surface area contributed by atoms with E-state index in [4.69, 9.17) is 4.74 Å². The normalized spacial score (nSPS) is 15.5. The van der Waals surface area contributed by atoms with Crippen LogP contribution in [0.1, 0.15) is 22.7 Å². The van der Waals surface area contributed by atoms with Crippen molar-refractivity contribution >= 4 is 5.97 Å². The smallest absolute Gasteiger partial charge is 0.314 e. The van der Waals surface area contributed by atoms with Gasteiger partial charge in [0.15, 0.2) is 11.8 Å². The van der Waals surface area contributed by atoms with Gasteiger partial charge in [-0.2, -0.15) is 0 Å². The quantitative estimate of drug-likeness (QED) is 0.641. The predicted molar refractivity (Wildman–Crippen MR) is 91.2 cm³/mol. The highest BCUT2D eigenvalue weighted by atomic mass is 16.5. The van der Waals surface area contributed by atoms with Crippen LogP contribution in [0.25, 0.3) is 11.1 Å². The van der Waals surface area contributed by atoms with Crippen molar-refractivity contribution in [2.75, 3.05) is 0 Å². The Balaban J connectivity index is 1.67. The van der Waals surface area contributed by atoms with Crippen LogP contribution in [0.15, 0.2) is 42.6 Å². The Kier molecular flexibility index (Phi) is 3.53. The van der Waals surface area contributed by atoms with Crippen LogP contribution >= 0.6 is 0 Å². The first-order valence-corrected chi connectivity index (χ1v) is 8.05. The lowest BCUT2D eigenvalue weighted by molar-refractivity contribution is -0.146. The highest BCUT2D eigenvalue weighted by molar-refractivity contribution is 5.89. The van der Waals surface area contributed by atoms with Crippen LogP contribution in [-0.4, -0.2) is 25.7 Å². The average molecular weight is 338 g/mol. The Hall–Kier alpha value is -3.15. The molecule has 0 amide bonds. The second-order valence-electron chi connectivity index (χ2n) is 6.25. The van der Waals surface area contributed by atoms with Gasteiger partial charge in [-0.15, -0.1) is 0 Å². The number of aromatic hydroxyl groups is 2. The molecule has 6 heteroatoms. The molecule has 2 aromatic heterocycles. The largest absolute Gasteiger partial charge is 0.494 e. The number of carbonyl (C=O) groups excluding carboxylic acids is 1. The molecule has 128 valence electrons. The zero-order valence-corrected chi connectivity index (χ0v) is 13.7. The Morgan fingerprint density at radius 3 is 2.76 bits per heavy atom. The van der Waals surface area contributed by atoms with Gasteiger partial charge >= 0.3 is 5.97 Å². The summed E-state index contributed by atoms with van der Waals surface area (Å²) in [6.45, 7) is 0.169. The summed E-state index contributed by atoms with van der Waals surface area (Å²) < 4.78 is 7.38. The minimum atomic E-state index is -0.669. The average Bonchev–Trinajstić information content (AvgIpc) is 3.13. The van der Waals surface area contributed by atoms with Crippen molar-refractivity contribution in [2.24, 2.45) is 7.05 Å². The van der Waals surface area contributed by atoms with Gasteiger partial charge < -0.3 is 19.5 Å². The summed E-state index contributed by atoms with van der Waals surface area (Å²) in [7, 11) is 1.89. The van der Waals surface area contributed by atoms with E-state index in [0.29, 0.717) is 17.5 Å². The number of rotatable bonds is 3. The van der Waals surface area contributed by atoms with Crippen molar-refractivity contribution in [2.45, 2.75) is 18.9 Å². The van der Waals surface area contributed by atoms with Gasteiger partial charge in [-0.25, -0.2) is 0 Å². The Bertz CT molecular complexity index is 940. The van der Waals surface area contributed by atoms with Gasteiger partial charge in [0.25, 0.3) is 0 Å². The summed E-state index contributed by atoms with van der Waals surface area (Å²) >= 11 is 0. The number of fused-ring (bicyclic) bond motifs is 3. The van der Waals surface area contributed by atoms with E-state index in [1.54, 1.807) is 0 Å². The number of ether oxygens (including phenoxy) is 1. The lowest BCUT2D eigenvalue weighted by Gasteiger charge is -2.23. The number of hydrogen-bond donors (Lipinski definition) is 3. The number of nitrogens with one attached hydrogen (secondary N) is 1. The minimum Gasteiger partial charge on any atom is -0.494 e. The zero-order valence-electron chi connectivity index (χ0n) is 13.7. The number of nitrogens with zero attached hydrogens (tertiary/aromatic N) is 1. The van der Waals surface area contributed by atoms with Gasteiger partial charge in [0.2, 0.25) is 0 Å². The van der Waals surface area contributed by atoms with E-state index < -0.39 is 11.9 Å². The van der Waals surface area contributed by atoms with Crippen molar-refractivity contribution in [3.8, 4) is 22.9 Å². The zero-order chi connectivity index (χ0) is 17.6. The van der Waals surface area contributed by atoms with E-state index in [0.717, 1.165) is 16.8 Å². The van der Waals surface area contributed by atoms with Crippen molar-refractivity contribution in [3.05, 3.63) is 59.4 Å². The van der Waals surface area contributed by atoms with Crippen molar-refractivity contribution in [1.82, 2.24) is 9.55 Å². The molecule has 6 nitrogen and oxygen atoms in total. The van der Waals surface area contributed by atoms with Crippen LogP contribution in [0.3, 0.4) is 0 Å². The minimum absolute atomic E-state index is 0.138. The molecule has 0 spiro atoms. The summed E-state index contributed by atoms with van der Waals surface area (Å²) in [5.41, 5.74) is 3.50. The standard InChI is InChI=1S/C19H18N2O4/c1-21-8-7-12-14(21)9-13(16-15(12)17(22)20-18(16)23)19(24)25-10-11-5-3-2-4-6-11/h2-8,13,20,22-23H,9-10H2,1H3.